The summed E-state index contributed by atoms with van der Waals surface area (Å²) in [5.74, 6) is 0.702. The maximum Gasteiger partial charge on any atom is 0.329 e. The zero-order valence-electron chi connectivity index (χ0n) is 17.9. The highest BCUT2D eigenvalue weighted by Crippen LogP contribution is 2.42. The van der Waals surface area contributed by atoms with Crippen LogP contribution in [0.5, 0.6) is 0 Å². The van der Waals surface area contributed by atoms with Gasteiger partial charge < -0.3 is 10.4 Å². The van der Waals surface area contributed by atoms with Crippen LogP contribution in [0.15, 0.2) is 29.1 Å². The first-order chi connectivity index (χ1) is 14.2. The molecule has 2 atom stereocenters. The van der Waals surface area contributed by atoms with E-state index in [9.17, 15) is 9.90 Å². The molecule has 0 spiro atoms. The lowest BCUT2D eigenvalue weighted by Gasteiger charge is -2.47. The maximum absolute atomic E-state index is 13.7. The summed E-state index contributed by atoms with van der Waals surface area (Å²) in [6, 6.07) is 8.22. The molecule has 5 nitrogen and oxygen atoms in total. The molecule has 0 amide bonds. The van der Waals surface area contributed by atoms with Gasteiger partial charge in [-0.2, -0.15) is 0 Å². The molecule has 0 bridgehead atoms. The van der Waals surface area contributed by atoms with Crippen LogP contribution in [-0.2, 0) is 12.1 Å². The van der Waals surface area contributed by atoms with Crippen molar-refractivity contribution in [1.29, 1.82) is 0 Å². The average Bonchev–Trinajstić information content (AvgIpc) is 3.01. The smallest absolute Gasteiger partial charge is 0.329 e. The molecule has 4 rings (SSSR count). The molecule has 1 aliphatic heterocycles. The van der Waals surface area contributed by atoms with Gasteiger partial charge in [-0.1, -0.05) is 57.1 Å². The predicted molar refractivity (Wildman–Crippen MR) is 118 cm³/mol. The summed E-state index contributed by atoms with van der Waals surface area (Å²) < 4.78 is 4.01. The third-order valence-electron chi connectivity index (χ3n) is 7.57. The van der Waals surface area contributed by atoms with Crippen molar-refractivity contribution < 1.29 is 5.11 Å². The number of hydrogen-bond acceptors (Lipinski definition) is 3. The van der Waals surface area contributed by atoms with Crippen LogP contribution >= 0.6 is 0 Å². The van der Waals surface area contributed by atoms with Crippen molar-refractivity contribution in [2.24, 2.45) is 11.8 Å². The first kappa shape index (κ1) is 20.7. The highest BCUT2D eigenvalue weighted by molar-refractivity contribution is 5.76. The summed E-state index contributed by atoms with van der Waals surface area (Å²) >= 11 is 0. The first-order valence-corrected chi connectivity index (χ1v) is 11.7. The van der Waals surface area contributed by atoms with Crippen molar-refractivity contribution in [2.45, 2.75) is 76.8 Å². The van der Waals surface area contributed by atoms with E-state index >= 15 is 0 Å². The Morgan fingerprint density at radius 2 is 1.79 bits per heavy atom. The fourth-order valence-corrected chi connectivity index (χ4v) is 6.05. The van der Waals surface area contributed by atoms with Crippen molar-refractivity contribution in [3.05, 3.63) is 34.7 Å². The predicted octanol–water partition coefficient (Wildman–Crippen LogP) is 3.87. The second-order valence-electron chi connectivity index (χ2n) is 9.20. The van der Waals surface area contributed by atoms with Crippen molar-refractivity contribution in [3.8, 4) is 0 Å². The molecular formula is C24H37N3O2. The summed E-state index contributed by atoms with van der Waals surface area (Å²) in [6.07, 6.45) is 11.1. The summed E-state index contributed by atoms with van der Waals surface area (Å²) in [7, 11) is 0. The summed E-state index contributed by atoms with van der Waals surface area (Å²) in [6.45, 7) is 4.53. The number of piperidine rings is 1. The molecule has 2 aromatic rings. The van der Waals surface area contributed by atoms with Gasteiger partial charge in [0.25, 0.3) is 0 Å². The molecular weight excluding hydrogens is 362 g/mol. The van der Waals surface area contributed by atoms with Gasteiger partial charge >= 0.3 is 5.69 Å². The number of hydrogen-bond donors (Lipinski definition) is 2. The molecule has 160 valence electrons. The third kappa shape index (κ3) is 3.79. The molecule has 1 aromatic carbocycles. The zero-order chi connectivity index (χ0) is 20.3. The second kappa shape index (κ2) is 9.05. The summed E-state index contributed by atoms with van der Waals surface area (Å²) in [5.41, 5.74) is 1.85. The molecule has 1 aliphatic carbocycles. The Bertz CT molecular complexity index is 863. The molecule has 0 radical (unpaired) electrons. The van der Waals surface area contributed by atoms with E-state index in [-0.39, 0.29) is 23.8 Å². The summed E-state index contributed by atoms with van der Waals surface area (Å²) in [5, 5.41) is 13.9. The molecule has 1 aromatic heterocycles. The van der Waals surface area contributed by atoms with Crippen LogP contribution < -0.4 is 11.0 Å². The molecule has 2 heterocycles. The number of fused-ring (bicyclic) bond motifs is 1. The van der Waals surface area contributed by atoms with E-state index in [2.05, 4.69) is 22.0 Å². The largest absolute Gasteiger partial charge is 0.396 e. The van der Waals surface area contributed by atoms with Crippen LogP contribution in [0.2, 0.25) is 0 Å². The molecule has 2 N–H and O–H groups in total. The van der Waals surface area contributed by atoms with E-state index < -0.39 is 0 Å². The van der Waals surface area contributed by atoms with E-state index in [0.717, 1.165) is 37.0 Å². The number of aliphatic hydroxyl groups excluding tert-OH is 1. The lowest BCUT2D eigenvalue weighted by Crippen LogP contribution is -2.56. The minimum absolute atomic E-state index is 0.0653. The Morgan fingerprint density at radius 1 is 1.10 bits per heavy atom. The fourth-order valence-electron chi connectivity index (χ4n) is 6.05. The lowest BCUT2D eigenvalue weighted by molar-refractivity contribution is 0.0375. The van der Waals surface area contributed by atoms with Gasteiger partial charge in [0.1, 0.15) is 0 Å². The van der Waals surface area contributed by atoms with Crippen LogP contribution in [0.3, 0.4) is 0 Å². The highest BCUT2D eigenvalue weighted by atomic mass is 16.3. The van der Waals surface area contributed by atoms with E-state index in [1.54, 1.807) is 0 Å². The van der Waals surface area contributed by atoms with Crippen molar-refractivity contribution in [3.63, 3.8) is 0 Å². The van der Waals surface area contributed by atoms with E-state index in [0.29, 0.717) is 12.5 Å². The van der Waals surface area contributed by atoms with Crippen molar-refractivity contribution in [1.82, 2.24) is 14.5 Å². The van der Waals surface area contributed by atoms with E-state index in [4.69, 9.17) is 0 Å². The molecule has 2 aliphatic rings. The Hall–Kier alpha value is -1.59. The number of aromatic nitrogens is 2. The van der Waals surface area contributed by atoms with E-state index in [1.807, 2.05) is 23.6 Å². The number of benzene rings is 1. The van der Waals surface area contributed by atoms with E-state index in [1.165, 1.54) is 44.9 Å². The number of rotatable bonds is 5. The first-order valence-electron chi connectivity index (χ1n) is 11.7. The monoisotopic (exact) mass is 399 g/mol. The van der Waals surface area contributed by atoms with Gasteiger partial charge in [0.05, 0.1) is 16.6 Å². The number of nitrogens with one attached hydrogen (secondary N) is 1. The summed E-state index contributed by atoms with van der Waals surface area (Å²) in [4.78, 5) is 13.7. The maximum atomic E-state index is 13.7. The molecule has 1 saturated heterocycles. The highest BCUT2D eigenvalue weighted by Gasteiger charge is 2.45. The molecule has 1 saturated carbocycles. The lowest BCUT2D eigenvalue weighted by atomic mass is 9.70. The average molecular weight is 400 g/mol. The molecule has 29 heavy (non-hydrogen) atoms. The Labute approximate surface area is 174 Å². The molecule has 5 heteroatoms. The van der Waals surface area contributed by atoms with Gasteiger partial charge in [-0.3, -0.25) is 9.13 Å². The normalized spacial score (nSPS) is 27.0. The van der Waals surface area contributed by atoms with Crippen molar-refractivity contribution >= 4 is 11.0 Å². The van der Waals surface area contributed by atoms with Crippen LogP contribution in [0, 0.1) is 11.8 Å². The van der Waals surface area contributed by atoms with Gasteiger partial charge in [-0.05, 0) is 44.4 Å². The Balaban J connectivity index is 1.84. The number of para-hydroxylation sites is 2. The number of aliphatic hydroxyl groups is 1. The second-order valence-corrected chi connectivity index (χ2v) is 9.20. The quantitative estimate of drug-likeness (QED) is 0.802. The Morgan fingerprint density at radius 3 is 2.48 bits per heavy atom. The van der Waals surface area contributed by atoms with Crippen LogP contribution in [0.25, 0.3) is 11.0 Å². The zero-order valence-corrected chi connectivity index (χ0v) is 17.9. The standard InChI is InChI=1S/C24H37N3O2/c1-2-26-21-12-8-9-13-22(21)27(23(26)29)24(14-15-25-17-20(24)18-28)16-19-10-6-4-3-5-7-11-19/h8-9,12-13,19-20,25,28H,2-7,10-11,14-18H2,1H3/t20-,24-/m0/s1. The topological polar surface area (TPSA) is 59.2 Å². The van der Waals surface area contributed by atoms with Gasteiger partial charge in [-0.25, -0.2) is 4.79 Å². The fraction of sp³-hybridized carbons (Fsp3) is 0.708. The Kier molecular flexibility index (Phi) is 6.45. The molecule has 2 fully saturated rings. The van der Waals surface area contributed by atoms with Gasteiger partial charge in [-0.15, -0.1) is 0 Å². The van der Waals surface area contributed by atoms with Crippen LogP contribution in [-0.4, -0.2) is 33.9 Å². The number of aryl methyl sites for hydroxylation is 1. The number of nitrogens with zero attached hydrogens (tertiary/aromatic N) is 2. The van der Waals surface area contributed by atoms with Gasteiger partial charge in [0, 0.05) is 25.6 Å². The van der Waals surface area contributed by atoms with Gasteiger partial charge in [0.2, 0.25) is 0 Å². The minimum Gasteiger partial charge on any atom is -0.396 e. The SMILES string of the molecule is CCn1c(=O)n([C@]2(CC3CCCCCCC3)CCNC[C@H]2CO)c2ccccc21. The van der Waals surface area contributed by atoms with Crippen LogP contribution in [0.4, 0.5) is 0 Å². The molecule has 0 unspecified atom stereocenters. The number of imidazole rings is 1. The van der Waals surface area contributed by atoms with Gasteiger partial charge in [0.15, 0.2) is 0 Å². The van der Waals surface area contributed by atoms with Crippen LogP contribution in [0.1, 0.15) is 64.7 Å². The minimum atomic E-state index is -0.305. The van der Waals surface area contributed by atoms with Crippen molar-refractivity contribution in [2.75, 3.05) is 19.7 Å². The third-order valence-corrected chi connectivity index (χ3v) is 7.57.